The fourth-order valence-corrected chi connectivity index (χ4v) is 3.70. The Balaban J connectivity index is 2.12. The number of benzene rings is 1. The molecule has 0 fully saturated rings. The molecule has 0 saturated carbocycles. The number of hydrogen-bond acceptors (Lipinski definition) is 4. The van der Waals surface area contributed by atoms with Gasteiger partial charge in [0.15, 0.2) is 0 Å². The molecule has 0 aliphatic rings. The summed E-state index contributed by atoms with van der Waals surface area (Å²) in [5.74, 6) is -0.260. The Kier molecular flexibility index (Phi) is 5.58. The molecular weight excluding hydrogens is 374 g/mol. The van der Waals surface area contributed by atoms with Crippen molar-refractivity contribution in [2.45, 2.75) is 26.3 Å². The Labute approximate surface area is 158 Å². The van der Waals surface area contributed by atoms with Crippen LogP contribution in [0.4, 0.5) is 0 Å². The fourth-order valence-electron chi connectivity index (χ4n) is 2.69. The number of halogens is 1. The molecule has 3 aromatic rings. The molecule has 0 bridgehead atoms. The van der Waals surface area contributed by atoms with E-state index in [9.17, 15) is 14.4 Å². The van der Waals surface area contributed by atoms with Gasteiger partial charge in [0.2, 0.25) is 5.91 Å². The maximum Gasteiger partial charge on any atom is 0.336 e. The molecule has 26 heavy (non-hydrogen) atoms. The van der Waals surface area contributed by atoms with Crippen LogP contribution >= 0.6 is 22.9 Å². The second kappa shape index (κ2) is 7.88. The van der Waals surface area contributed by atoms with Crippen LogP contribution in [-0.4, -0.2) is 21.6 Å². The van der Waals surface area contributed by atoms with Crippen LogP contribution in [0.5, 0.6) is 0 Å². The summed E-state index contributed by atoms with van der Waals surface area (Å²) in [7, 11) is 0. The molecule has 1 aromatic carbocycles. The van der Waals surface area contributed by atoms with Crippen LogP contribution in [0, 0.1) is 0 Å². The molecule has 1 amide bonds. The van der Waals surface area contributed by atoms with E-state index in [4.69, 9.17) is 11.6 Å². The maximum absolute atomic E-state index is 13.0. The van der Waals surface area contributed by atoms with Gasteiger partial charge in [-0.1, -0.05) is 31.0 Å². The van der Waals surface area contributed by atoms with E-state index in [1.165, 1.54) is 15.9 Å². The normalized spacial score (nSPS) is 11.0. The quantitative estimate of drug-likeness (QED) is 0.656. The number of hydrogen-bond donors (Lipinski definition) is 1. The topological polar surface area (TPSA) is 73.1 Å². The highest BCUT2D eigenvalue weighted by atomic mass is 35.5. The minimum Gasteiger partial charge on any atom is -0.355 e. The minimum absolute atomic E-state index is 0.142. The van der Waals surface area contributed by atoms with Crippen LogP contribution in [0.1, 0.15) is 19.8 Å². The molecule has 1 N–H and O–H groups in total. The number of carbonyl (C=O) groups excluding carboxylic acids is 1. The molecule has 8 heteroatoms. The largest absolute Gasteiger partial charge is 0.355 e. The summed E-state index contributed by atoms with van der Waals surface area (Å²) >= 11 is 7.25. The molecule has 2 heterocycles. The predicted molar refractivity (Wildman–Crippen MR) is 105 cm³/mol. The number of nitrogens with one attached hydrogen (secondary N) is 1. The molecule has 6 nitrogen and oxygen atoms in total. The Morgan fingerprint density at radius 1 is 1.27 bits per heavy atom. The van der Waals surface area contributed by atoms with Crippen LogP contribution in [0.3, 0.4) is 0 Å². The SMILES string of the molecule is CCCCNC(=O)Cn1c(=O)n(-c2cccc(Cl)c2)c(=O)c2sccc21. The first-order valence-electron chi connectivity index (χ1n) is 8.28. The zero-order valence-corrected chi connectivity index (χ0v) is 15.8. The number of thiophene rings is 1. The van der Waals surface area contributed by atoms with Gasteiger partial charge in [0.1, 0.15) is 11.2 Å². The van der Waals surface area contributed by atoms with Crippen molar-refractivity contribution in [1.82, 2.24) is 14.5 Å². The van der Waals surface area contributed by atoms with Gasteiger partial charge in [-0.2, -0.15) is 0 Å². The smallest absolute Gasteiger partial charge is 0.336 e. The Bertz CT molecular complexity index is 1070. The van der Waals surface area contributed by atoms with Gasteiger partial charge in [0.05, 0.1) is 11.2 Å². The average Bonchev–Trinajstić information content (AvgIpc) is 3.09. The summed E-state index contributed by atoms with van der Waals surface area (Å²) in [6, 6.07) is 8.21. The van der Waals surface area contributed by atoms with Crippen molar-refractivity contribution in [3.8, 4) is 5.69 Å². The van der Waals surface area contributed by atoms with Gasteiger partial charge in [-0.05, 0) is 36.1 Å². The number of fused-ring (bicyclic) bond motifs is 1. The predicted octanol–water partition coefficient (Wildman–Crippen LogP) is 2.78. The minimum atomic E-state index is -0.561. The third-order valence-electron chi connectivity index (χ3n) is 3.98. The number of amides is 1. The maximum atomic E-state index is 13.0. The van der Waals surface area contributed by atoms with E-state index in [0.29, 0.717) is 27.5 Å². The highest BCUT2D eigenvalue weighted by Gasteiger charge is 2.17. The van der Waals surface area contributed by atoms with E-state index in [0.717, 1.165) is 17.4 Å². The number of unbranched alkanes of at least 4 members (excludes halogenated alkanes) is 1. The number of nitrogens with zero attached hydrogens (tertiary/aromatic N) is 2. The lowest BCUT2D eigenvalue weighted by molar-refractivity contribution is -0.121. The van der Waals surface area contributed by atoms with Crippen molar-refractivity contribution < 1.29 is 4.79 Å². The van der Waals surface area contributed by atoms with Crippen molar-refractivity contribution in [2.75, 3.05) is 6.54 Å². The number of carbonyl (C=O) groups is 1. The van der Waals surface area contributed by atoms with Crippen molar-refractivity contribution in [1.29, 1.82) is 0 Å². The Morgan fingerprint density at radius 3 is 2.81 bits per heavy atom. The zero-order valence-electron chi connectivity index (χ0n) is 14.2. The molecule has 0 atom stereocenters. The van der Waals surface area contributed by atoms with Gasteiger partial charge >= 0.3 is 5.69 Å². The third kappa shape index (κ3) is 3.59. The zero-order chi connectivity index (χ0) is 18.7. The van der Waals surface area contributed by atoms with Crippen LogP contribution in [0.25, 0.3) is 15.9 Å². The Hall–Kier alpha value is -2.38. The van der Waals surface area contributed by atoms with Crippen molar-refractivity contribution >= 4 is 39.1 Å². The summed E-state index contributed by atoms with van der Waals surface area (Å²) in [5.41, 5.74) is -0.129. The first-order valence-corrected chi connectivity index (χ1v) is 9.54. The van der Waals surface area contributed by atoms with Gasteiger partial charge in [-0.3, -0.25) is 14.2 Å². The van der Waals surface area contributed by atoms with E-state index < -0.39 is 11.2 Å². The van der Waals surface area contributed by atoms with Crippen LogP contribution in [-0.2, 0) is 11.3 Å². The first kappa shape index (κ1) is 18.4. The average molecular weight is 392 g/mol. The molecule has 0 aliphatic carbocycles. The first-order chi connectivity index (χ1) is 12.5. The molecule has 3 rings (SSSR count). The van der Waals surface area contributed by atoms with Gasteiger partial charge in [0, 0.05) is 11.6 Å². The lowest BCUT2D eigenvalue weighted by atomic mass is 10.3. The highest BCUT2D eigenvalue weighted by Crippen LogP contribution is 2.17. The standard InChI is InChI=1S/C18H18ClN3O3S/c1-2-3-8-20-15(23)11-21-14-7-9-26-16(14)17(24)22(18(21)25)13-6-4-5-12(19)10-13/h4-7,9-10H,2-3,8,11H2,1H3,(H,20,23). The van der Waals surface area contributed by atoms with Crippen molar-refractivity contribution in [2.24, 2.45) is 0 Å². The van der Waals surface area contributed by atoms with E-state index in [-0.39, 0.29) is 12.5 Å². The number of rotatable bonds is 6. The molecule has 2 aromatic heterocycles. The van der Waals surface area contributed by atoms with E-state index >= 15 is 0 Å². The lowest BCUT2D eigenvalue weighted by Crippen LogP contribution is -2.41. The number of aromatic nitrogens is 2. The summed E-state index contributed by atoms with van der Waals surface area (Å²) in [4.78, 5) is 38.0. The Morgan fingerprint density at radius 2 is 2.08 bits per heavy atom. The molecule has 0 spiro atoms. The highest BCUT2D eigenvalue weighted by molar-refractivity contribution is 7.17. The van der Waals surface area contributed by atoms with Crippen molar-refractivity contribution in [3.05, 3.63) is 61.6 Å². The molecule has 0 saturated heterocycles. The summed E-state index contributed by atoms with van der Waals surface area (Å²) in [5, 5.41) is 4.95. The van der Waals surface area contributed by atoms with Crippen LogP contribution < -0.4 is 16.6 Å². The van der Waals surface area contributed by atoms with Crippen molar-refractivity contribution in [3.63, 3.8) is 0 Å². The van der Waals surface area contributed by atoms with Gasteiger partial charge in [-0.15, -0.1) is 11.3 Å². The van der Waals surface area contributed by atoms with E-state index in [1.807, 2.05) is 6.92 Å². The second-order valence-electron chi connectivity index (χ2n) is 5.83. The van der Waals surface area contributed by atoms with Gasteiger partial charge < -0.3 is 5.32 Å². The van der Waals surface area contributed by atoms with Crippen LogP contribution in [0.2, 0.25) is 5.02 Å². The monoisotopic (exact) mass is 391 g/mol. The van der Waals surface area contributed by atoms with Gasteiger partial charge in [-0.25, -0.2) is 9.36 Å². The molecular formula is C18H18ClN3O3S. The third-order valence-corrected chi connectivity index (χ3v) is 5.10. The second-order valence-corrected chi connectivity index (χ2v) is 7.18. The van der Waals surface area contributed by atoms with E-state index in [2.05, 4.69) is 5.32 Å². The molecule has 0 unspecified atom stereocenters. The lowest BCUT2D eigenvalue weighted by Gasteiger charge is -2.12. The van der Waals surface area contributed by atoms with E-state index in [1.54, 1.807) is 35.7 Å². The van der Waals surface area contributed by atoms with Crippen LogP contribution in [0.15, 0.2) is 45.3 Å². The molecule has 0 aliphatic heterocycles. The summed E-state index contributed by atoms with van der Waals surface area (Å²) < 4.78 is 2.81. The fraction of sp³-hybridized carbons (Fsp3) is 0.278. The molecule has 0 radical (unpaired) electrons. The molecule has 136 valence electrons. The summed E-state index contributed by atoms with van der Waals surface area (Å²) in [6.07, 6.45) is 1.84. The van der Waals surface area contributed by atoms with Gasteiger partial charge in [0.25, 0.3) is 5.56 Å². The summed E-state index contributed by atoms with van der Waals surface area (Å²) in [6.45, 7) is 2.45.